The summed E-state index contributed by atoms with van der Waals surface area (Å²) in [4.78, 5) is 35.1. The molecule has 0 radical (unpaired) electrons. The van der Waals surface area contributed by atoms with Gasteiger partial charge in [0.05, 0.1) is 10.5 Å². The molecule has 1 aliphatic carbocycles. The van der Waals surface area contributed by atoms with Gasteiger partial charge in [0, 0.05) is 17.8 Å². The van der Waals surface area contributed by atoms with E-state index in [2.05, 4.69) is 10.6 Å². The highest BCUT2D eigenvalue weighted by molar-refractivity contribution is 5.97. The van der Waals surface area contributed by atoms with Gasteiger partial charge in [-0.2, -0.15) is 0 Å². The summed E-state index contributed by atoms with van der Waals surface area (Å²) in [5.41, 5.74) is 0.275. The van der Waals surface area contributed by atoms with Crippen LogP contribution in [0.3, 0.4) is 0 Å². The second kappa shape index (κ2) is 8.03. The number of amides is 1. The van der Waals surface area contributed by atoms with Crippen LogP contribution in [-0.2, 0) is 9.53 Å². The van der Waals surface area contributed by atoms with Gasteiger partial charge in [0.2, 0.25) is 0 Å². The standard InChI is InChI=1S/C19H18FN3O5/c1-11(18(24)22-15-4-2-3-13(20)10-15)28-19(25)12-5-8-16(21-14-6-7-14)17(9-12)23(26)27/h2-5,8-11,14,21H,6-7H2,1H3,(H,22,24)/t11-/m0/s1. The number of rotatable bonds is 7. The summed E-state index contributed by atoms with van der Waals surface area (Å²) in [7, 11) is 0. The Kier molecular flexibility index (Phi) is 5.53. The van der Waals surface area contributed by atoms with Crippen molar-refractivity contribution in [3.05, 3.63) is 64.0 Å². The minimum absolute atomic E-state index is 0.0431. The van der Waals surface area contributed by atoms with E-state index in [1.165, 1.54) is 37.3 Å². The van der Waals surface area contributed by atoms with Crippen molar-refractivity contribution in [1.29, 1.82) is 0 Å². The summed E-state index contributed by atoms with van der Waals surface area (Å²) in [5.74, 6) is -2.04. The molecule has 9 heteroatoms. The van der Waals surface area contributed by atoms with Crippen LogP contribution >= 0.6 is 0 Å². The van der Waals surface area contributed by atoms with Crippen LogP contribution in [0, 0.1) is 15.9 Å². The molecule has 0 bridgehead atoms. The van der Waals surface area contributed by atoms with E-state index >= 15 is 0 Å². The third-order valence-corrected chi connectivity index (χ3v) is 4.11. The van der Waals surface area contributed by atoms with Crippen LogP contribution in [0.15, 0.2) is 42.5 Å². The smallest absolute Gasteiger partial charge is 0.339 e. The highest BCUT2D eigenvalue weighted by Crippen LogP contribution is 2.31. The van der Waals surface area contributed by atoms with Crippen LogP contribution in [0.5, 0.6) is 0 Å². The molecule has 0 unspecified atom stereocenters. The third-order valence-electron chi connectivity index (χ3n) is 4.11. The van der Waals surface area contributed by atoms with Gasteiger partial charge in [0.1, 0.15) is 11.5 Å². The fourth-order valence-corrected chi connectivity index (χ4v) is 2.47. The van der Waals surface area contributed by atoms with E-state index in [-0.39, 0.29) is 23.0 Å². The minimum Gasteiger partial charge on any atom is -0.449 e. The lowest BCUT2D eigenvalue weighted by Crippen LogP contribution is -2.30. The van der Waals surface area contributed by atoms with Gasteiger partial charge in [-0.1, -0.05) is 6.07 Å². The van der Waals surface area contributed by atoms with Gasteiger partial charge < -0.3 is 15.4 Å². The zero-order valence-electron chi connectivity index (χ0n) is 15.0. The van der Waals surface area contributed by atoms with Crippen LogP contribution in [0.1, 0.15) is 30.1 Å². The van der Waals surface area contributed by atoms with Crippen LogP contribution in [-0.4, -0.2) is 28.9 Å². The van der Waals surface area contributed by atoms with E-state index in [1.807, 2.05) is 0 Å². The Morgan fingerprint density at radius 2 is 2.00 bits per heavy atom. The normalized spacial score (nSPS) is 14.1. The Labute approximate surface area is 159 Å². The average Bonchev–Trinajstić information content (AvgIpc) is 3.45. The number of esters is 1. The summed E-state index contributed by atoms with van der Waals surface area (Å²) < 4.78 is 18.3. The predicted octanol–water partition coefficient (Wildman–Crippen LogP) is 3.49. The molecule has 0 aromatic heterocycles. The van der Waals surface area contributed by atoms with Crippen LogP contribution in [0.25, 0.3) is 0 Å². The first-order valence-corrected chi connectivity index (χ1v) is 8.66. The molecule has 1 saturated carbocycles. The largest absolute Gasteiger partial charge is 0.449 e. The second-order valence-corrected chi connectivity index (χ2v) is 6.45. The minimum atomic E-state index is -1.18. The van der Waals surface area contributed by atoms with Gasteiger partial charge in [0.25, 0.3) is 11.6 Å². The molecule has 2 N–H and O–H groups in total. The fourth-order valence-electron chi connectivity index (χ4n) is 2.47. The Bertz CT molecular complexity index is 930. The lowest BCUT2D eigenvalue weighted by molar-refractivity contribution is -0.384. The second-order valence-electron chi connectivity index (χ2n) is 6.45. The van der Waals surface area contributed by atoms with Crippen LogP contribution in [0.2, 0.25) is 0 Å². The molecular formula is C19H18FN3O5. The van der Waals surface area contributed by atoms with Crippen LogP contribution in [0.4, 0.5) is 21.5 Å². The maximum absolute atomic E-state index is 13.2. The Morgan fingerprint density at radius 1 is 1.25 bits per heavy atom. The number of nitrogens with zero attached hydrogens (tertiary/aromatic N) is 1. The predicted molar refractivity (Wildman–Crippen MR) is 99.6 cm³/mol. The number of carbonyl (C=O) groups is 2. The van der Waals surface area contributed by atoms with E-state index in [1.54, 1.807) is 0 Å². The van der Waals surface area contributed by atoms with Gasteiger partial charge >= 0.3 is 5.97 Å². The summed E-state index contributed by atoms with van der Waals surface area (Å²) in [6, 6.07) is 9.45. The van der Waals surface area contributed by atoms with Gasteiger partial charge in [-0.3, -0.25) is 14.9 Å². The summed E-state index contributed by atoms with van der Waals surface area (Å²) in [6.45, 7) is 1.35. The van der Waals surface area contributed by atoms with Crippen LogP contribution < -0.4 is 10.6 Å². The summed E-state index contributed by atoms with van der Waals surface area (Å²) in [6.07, 6.45) is 0.705. The molecule has 1 fully saturated rings. The molecule has 0 saturated heterocycles. The van der Waals surface area contributed by atoms with E-state index in [9.17, 15) is 24.1 Å². The Hall–Kier alpha value is -3.49. The fraction of sp³-hybridized carbons (Fsp3) is 0.263. The topological polar surface area (TPSA) is 111 Å². The zero-order valence-corrected chi connectivity index (χ0v) is 15.0. The van der Waals surface area contributed by atoms with E-state index in [0.29, 0.717) is 5.69 Å². The number of ether oxygens (including phenoxy) is 1. The van der Waals surface area contributed by atoms with Crippen molar-refractivity contribution >= 4 is 28.9 Å². The molecule has 0 aliphatic heterocycles. The first kappa shape index (κ1) is 19.3. The van der Waals surface area contributed by atoms with Crippen molar-refractivity contribution in [3.63, 3.8) is 0 Å². The van der Waals surface area contributed by atoms with Crippen molar-refractivity contribution in [2.24, 2.45) is 0 Å². The molecule has 2 aromatic rings. The number of anilines is 2. The van der Waals surface area contributed by atoms with Gasteiger partial charge in [-0.25, -0.2) is 9.18 Å². The molecule has 1 atom stereocenters. The third kappa shape index (κ3) is 4.81. The molecule has 1 amide bonds. The number of hydrogen-bond acceptors (Lipinski definition) is 6. The highest BCUT2D eigenvalue weighted by atomic mass is 19.1. The summed E-state index contributed by atoms with van der Waals surface area (Å²) >= 11 is 0. The average molecular weight is 387 g/mol. The molecule has 28 heavy (non-hydrogen) atoms. The van der Waals surface area contributed by atoms with Crippen molar-refractivity contribution < 1.29 is 23.6 Å². The number of nitro groups is 1. The van der Waals surface area contributed by atoms with Crippen molar-refractivity contribution in [2.75, 3.05) is 10.6 Å². The lowest BCUT2D eigenvalue weighted by Gasteiger charge is -2.14. The van der Waals surface area contributed by atoms with Crippen molar-refractivity contribution in [1.82, 2.24) is 0 Å². The SMILES string of the molecule is C[C@H](OC(=O)c1ccc(NC2CC2)c([N+](=O)[O-])c1)C(=O)Nc1cccc(F)c1. The molecular weight excluding hydrogens is 369 g/mol. The number of hydrogen-bond donors (Lipinski definition) is 2. The monoisotopic (exact) mass is 387 g/mol. The number of nitrogens with one attached hydrogen (secondary N) is 2. The molecule has 146 valence electrons. The molecule has 3 rings (SSSR count). The first-order valence-electron chi connectivity index (χ1n) is 8.66. The molecule has 1 aliphatic rings. The number of nitro benzene ring substituents is 1. The van der Waals surface area contributed by atoms with E-state index in [4.69, 9.17) is 4.74 Å². The van der Waals surface area contributed by atoms with E-state index < -0.39 is 28.7 Å². The van der Waals surface area contributed by atoms with Gasteiger partial charge in [-0.05, 0) is 50.1 Å². The van der Waals surface area contributed by atoms with Gasteiger partial charge in [-0.15, -0.1) is 0 Å². The molecule has 8 nitrogen and oxygen atoms in total. The maximum Gasteiger partial charge on any atom is 0.339 e. The quantitative estimate of drug-likeness (QED) is 0.427. The first-order chi connectivity index (χ1) is 13.3. The number of benzene rings is 2. The molecule has 0 heterocycles. The van der Waals surface area contributed by atoms with Crippen molar-refractivity contribution in [3.8, 4) is 0 Å². The van der Waals surface area contributed by atoms with Gasteiger partial charge in [0.15, 0.2) is 6.10 Å². The highest BCUT2D eigenvalue weighted by Gasteiger charge is 2.26. The number of carbonyl (C=O) groups excluding carboxylic acids is 2. The lowest BCUT2D eigenvalue weighted by atomic mass is 10.1. The van der Waals surface area contributed by atoms with Crippen molar-refractivity contribution in [2.45, 2.75) is 31.9 Å². The Morgan fingerprint density at radius 3 is 2.64 bits per heavy atom. The molecule has 0 spiro atoms. The number of halogens is 1. The maximum atomic E-state index is 13.2. The van der Waals surface area contributed by atoms with E-state index in [0.717, 1.165) is 25.0 Å². The molecule has 2 aromatic carbocycles. The Balaban J connectivity index is 1.66. The summed E-state index contributed by atoms with van der Waals surface area (Å²) in [5, 5.41) is 16.7. The zero-order chi connectivity index (χ0) is 20.3.